The molecule has 0 aliphatic heterocycles. The van der Waals surface area contributed by atoms with E-state index in [2.05, 4.69) is 5.32 Å². The van der Waals surface area contributed by atoms with Crippen LogP contribution in [0.25, 0.3) is 0 Å². The van der Waals surface area contributed by atoms with Gasteiger partial charge in [0, 0.05) is 23.9 Å². The number of hydrogen-bond acceptors (Lipinski definition) is 3. The number of benzene rings is 2. The Morgan fingerprint density at radius 1 is 1.13 bits per heavy atom. The first-order valence-corrected chi connectivity index (χ1v) is 11.6. The molecule has 0 unspecified atom stereocenters. The molecule has 0 heterocycles. The summed E-state index contributed by atoms with van der Waals surface area (Å²) in [6.45, 7) is 4.70. The maximum Gasteiger partial charge on any atom is 0.242 e. The Hall–Kier alpha value is -2.05. The molecule has 162 valence electrons. The number of amides is 2. The summed E-state index contributed by atoms with van der Waals surface area (Å²) in [4.78, 5) is 27.3. The van der Waals surface area contributed by atoms with Gasteiger partial charge in [0.1, 0.15) is 11.9 Å². The second-order valence-corrected chi connectivity index (χ2v) is 8.41. The average molecular weight is 451 g/mol. The summed E-state index contributed by atoms with van der Waals surface area (Å²) in [5, 5.41) is 3.55. The predicted octanol–water partition coefficient (Wildman–Crippen LogP) is 5.05. The topological polar surface area (TPSA) is 49.4 Å². The lowest BCUT2D eigenvalue weighted by atomic mass is 10.1. The molecule has 1 atom stereocenters. The average Bonchev–Trinajstić information content (AvgIpc) is 2.73. The van der Waals surface area contributed by atoms with Crippen molar-refractivity contribution in [2.45, 2.75) is 45.0 Å². The van der Waals surface area contributed by atoms with Crippen molar-refractivity contribution in [3.05, 3.63) is 70.5 Å². The Balaban J connectivity index is 2.10. The third-order valence-electron chi connectivity index (χ3n) is 4.58. The van der Waals surface area contributed by atoms with Gasteiger partial charge in [0.05, 0.1) is 5.75 Å². The zero-order valence-electron chi connectivity index (χ0n) is 17.4. The summed E-state index contributed by atoms with van der Waals surface area (Å²) >= 11 is 7.50. The van der Waals surface area contributed by atoms with E-state index in [0.29, 0.717) is 23.7 Å². The van der Waals surface area contributed by atoms with E-state index in [9.17, 15) is 14.0 Å². The standard InChI is InChI=1S/C23H28ClFN2O2S/c1-3-12-26-23(29)21(4-2)27(14-17-8-10-20(25)11-9-17)22(28)16-30-15-18-6-5-7-19(24)13-18/h5-11,13,21H,3-4,12,14-16H2,1-2H3,(H,26,29)/t21-/m0/s1. The monoisotopic (exact) mass is 450 g/mol. The van der Waals surface area contributed by atoms with Gasteiger partial charge in [0.2, 0.25) is 11.8 Å². The SMILES string of the molecule is CCCNC(=O)[C@H](CC)N(Cc1ccc(F)cc1)C(=O)CSCc1cccc(Cl)c1. The molecule has 0 saturated carbocycles. The molecule has 0 saturated heterocycles. The summed E-state index contributed by atoms with van der Waals surface area (Å²) in [6.07, 6.45) is 1.32. The summed E-state index contributed by atoms with van der Waals surface area (Å²) < 4.78 is 13.3. The maximum atomic E-state index is 13.3. The molecular weight excluding hydrogens is 423 g/mol. The molecule has 0 aromatic heterocycles. The normalized spacial score (nSPS) is 11.7. The van der Waals surface area contributed by atoms with Gasteiger partial charge in [-0.2, -0.15) is 0 Å². The molecular formula is C23H28ClFN2O2S. The van der Waals surface area contributed by atoms with Gasteiger partial charge in [0.25, 0.3) is 0 Å². The van der Waals surface area contributed by atoms with E-state index in [4.69, 9.17) is 11.6 Å². The van der Waals surface area contributed by atoms with E-state index in [0.717, 1.165) is 17.5 Å². The van der Waals surface area contributed by atoms with Crippen LogP contribution in [0.3, 0.4) is 0 Å². The third-order valence-corrected chi connectivity index (χ3v) is 5.81. The molecule has 0 spiro atoms. The molecule has 4 nitrogen and oxygen atoms in total. The van der Waals surface area contributed by atoms with Crippen molar-refractivity contribution >= 4 is 35.2 Å². The van der Waals surface area contributed by atoms with Crippen molar-refractivity contribution in [3.63, 3.8) is 0 Å². The number of nitrogens with one attached hydrogen (secondary N) is 1. The molecule has 1 N–H and O–H groups in total. The Bertz CT molecular complexity index is 832. The summed E-state index contributed by atoms with van der Waals surface area (Å²) in [6, 6.07) is 13.0. The Morgan fingerprint density at radius 3 is 2.50 bits per heavy atom. The number of carbonyl (C=O) groups is 2. The Labute approximate surface area is 187 Å². The van der Waals surface area contributed by atoms with Gasteiger partial charge < -0.3 is 10.2 Å². The molecule has 2 rings (SSSR count). The van der Waals surface area contributed by atoms with Crippen molar-refractivity contribution in [1.29, 1.82) is 0 Å². The Kier molecular flexibility index (Phi) is 10.2. The van der Waals surface area contributed by atoms with Crippen LogP contribution < -0.4 is 5.32 Å². The van der Waals surface area contributed by atoms with Gasteiger partial charge in [-0.1, -0.05) is 49.7 Å². The minimum Gasteiger partial charge on any atom is -0.354 e. The fraction of sp³-hybridized carbons (Fsp3) is 0.391. The number of rotatable bonds is 11. The largest absolute Gasteiger partial charge is 0.354 e. The van der Waals surface area contributed by atoms with Crippen LogP contribution in [0.4, 0.5) is 4.39 Å². The van der Waals surface area contributed by atoms with Crippen molar-refractivity contribution in [2.24, 2.45) is 0 Å². The second-order valence-electron chi connectivity index (χ2n) is 6.99. The highest BCUT2D eigenvalue weighted by Crippen LogP contribution is 2.19. The van der Waals surface area contributed by atoms with Crippen LogP contribution >= 0.6 is 23.4 Å². The predicted molar refractivity (Wildman–Crippen MR) is 122 cm³/mol. The first-order chi connectivity index (χ1) is 14.4. The molecule has 0 fully saturated rings. The molecule has 0 aliphatic carbocycles. The van der Waals surface area contributed by atoms with Crippen molar-refractivity contribution in [3.8, 4) is 0 Å². The van der Waals surface area contributed by atoms with E-state index in [1.807, 2.05) is 38.1 Å². The highest BCUT2D eigenvalue weighted by atomic mass is 35.5. The highest BCUT2D eigenvalue weighted by Gasteiger charge is 2.28. The number of hydrogen-bond donors (Lipinski definition) is 1. The number of nitrogens with zero attached hydrogens (tertiary/aromatic N) is 1. The summed E-state index contributed by atoms with van der Waals surface area (Å²) in [5.41, 5.74) is 1.82. The smallest absolute Gasteiger partial charge is 0.242 e. The molecule has 30 heavy (non-hydrogen) atoms. The summed E-state index contributed by atoms with van der Waals surface area (Å²) in [5.74, 6) is 0.279. The van der Waals surface area contributed by atoms with Crippen LogP contribution in [0.15, 0.2) is 48.5 Å². The quantitative estimate of drug-likeness (QED) is 0.521. The van der Waals surface area contributed by atoms with Crippen LogP contribution in [-0.4, -0.2) is 35.1 Å². The minimum atomic E-state index is -0.569. The van der Waals surface area contributed by atoms with Gasteiger partial charge in [-0.15, -0.1) is 11.8 Å². The maximum absolute atomic E-state index is 13.3. The van der Waals surface area contributed by atoms with Crippen molar-refractivity contribution < 1.29 is 14.0 Å². The number of halogens is 2. The number of thioether (sulfide) groups is 1. The molecule has 2 aromatic rings. The van der Waals surface area contributed by atoms with Gasteiger partial charge in [0.15, 0.2) is 0 Å². The lowest BCUT2D eigenvalue weighted by Gasteiger charge is -2.30. The van der Waals surface area contributed by atoms with Crippen molar-refractivity contribution in [1.82, 2.24) is 10.2 Å². The van der Waals surface area contributed by atoms with Crippen LogP contribution in [0.5, 0.6) is 0 Å². The van der Waals surface area contributed by atoms with Crippen molar-refractivity contribution in [2.75, 3.05) is 12.3 Å². The number of carbonyl (C=O) groups excluding carboxylic acids is 2. The van der Waals surface area contributed by atoms with E-state index < -0.39 is 6.04 Å². The fourth-order valence-corrected chi connectivity index (χ4v) is 4.11. The van der Waals surface area contributed by atoms with E-state index in [1.165, 1.54) is 23.9 Å². The van der Waals surface area contributed by atoms with E-state index in [1.54, 1.807) is 17.0 Å². The lowest BCUT2D eigenvalue weighted by Crippen LogP contribution is -2.49. The zero-order chi connectivity index (χ0) is 21.9. The molecule has 0 bridgehead atoms. The van der Waals surface area contributed by atoms with Gasteiger partial charge in [-0.3, -0.25) is 9.59 Å². The van der Waals surface area contributed by atoms with E-state index in [-0.39, 0.29) is 29.9 Å². The second kappa shape index (κ2) is 12.6. The van der Waals surface area contributed by atoms with Gasteiger partial charge >= 0.3 is 0 Å². The fourth-order valence-electron chi connectivity index (χ4n) is 3.04. The zero-order valence-corrected chi connectivity index (χ0v) is 18.9. The van der Waals surface area contributed by atoms with Crippen LogP contribution in [0, 0.1) is 5.82 Å². The van der Waals surface area contributed by atoms with Crippen LogP contribution in [0.1, 0.15) is 37.8 Å². The first kappa shape index (κ1) is 24.2. The van der Waals surface area contributed by atoms with Gasteiger partial charge in [-0.25, -0.2) is 4.39 Å². The van der Waals surface area contributed by atoms with Crippen LogP contribution in [-0.2, 0) is 21.9 Å². The molecule has 7 heteroatoms. The minimum absolute atomic E-state index is 0.121. The molecule has 2 aromatic carbocycles. The van der Waals surface area contributed by atoms with Gasteiger partial charge in [-0.05, 0) is 48.2 Å². The third kappa shape index (κ3) is 7.65. The first-order valence-electron chi connectivity index (χ1n) is 10.1. The van der Waals surface area contributed by atoms with E-state index >= 15 is 0 Å². The highest BCUT2D eigenvalue weighted by molar-refractivity contribution is 7.99. The molecule has 0 aliphatic rings. The van der Waals surface area contributed by atoms with Crippen LogP contribution in [0.2, 0.25) is 5.02 Å². The molecule has 2 amide bonds. The lowest BCUT2D eigenvalue weighted by molar-refractivity contribution is -0.139. The Morgan fingerprint density at radius 2 is 1.87 bits per heavy atom. The summed E-state index contributed by atoms with van der Waals surface area (Å²) in [7, 11) is 0. The molecule has 0 radical (unpaired) electrons.